The van der Waals surface area contributed by atoms with E-state index in [0.717, 1.165) is 35.1 Å². The molecule has 0 aliphatic carbocycles. The van der Waals surface area contributed by atoms with Crippen LogP contribution in [-0.4, -0.2) is 72.4 Å². The predicted octanol–water partition coefficient (Wildman–Crippen LogP) is 4.61. The maximum absolute atomic E-state index is 13.9. The minimum absolute atomic E-state index is 0.0245. The lowest BCUT2D eigenvalue weighted by atomic mass is 10.3. The van der Waals surface area contributed by atoms with Crippen LogP contribution in [0.4, 0.5) is 17.6 Å². The first-order chi connectivity index (χ1) is 25.4. The molecule has 14 nitrogen and oxygen atoms in total. The minimum Gasteiger partial charge on any atom is -0.448 e. The van der Waals surface area contributed by atoms with Gasteiger partial charge < -0.3 is 19.7 Å². The number of rotatable bonds is 10. The number of hydrogen-bond acceptors (Lipinski definition) is 13. The fourth-order valence-electron chi connectivity index (χ4n) is 4.88. The van der Waals surface area contributed by atoms with Crippen molar-refractivity contribution in [3.8, 4) is 23.0 Å². The van der Waals surface area contributed by atoms with Gasteiger partial charge >= 0.3 is 0 Å². The van der Waals surface area contributed by atoms with E-state index in [1.807, 2.05) is 0 Å². The molecule has 0 saturated heterocycles. The number of nitrogens with zero attached hydrogens (tertiary/aromatic N) is 6. The highest BCUT2D eigenvalue weighted by atomic mass is 32.2. The molecular weight excluding hydrogens is 761 g/mol. The van der Waals surface area contributed by atoms with Crippen molar-refractivity contribution in [2.45, 2.75) is 49.5 Å². The molecule has 0 aliphatic heterocycles. The van der Waals surface area contributed by atoms with Crippen LogP contribution in [0.25, 0.3) is 22.1 Å². The van der Waals surface area contributed by atoms with Gasteiger partial charge in [0.2, 0.25) is 15.0 Å². The van der Waals surface area contributed by atoms with E-state index < -0.39 is 61.6 Å². The molecule has 6 rings (SSSR count). The van der Waals surface area contributed by atoms with Crippen LogP contribution in [0.2, 0.25) is 0 Å². The fraction of sp³-hybridized carbons (Fsp3) is 0.235. The number of ether oxygens (including phenoxy) is 2. The Bertz CT molecular complexity index is 2610. The Labute approximate surface area is 307 Å². The highest BCUT2D eigenvalue weighted by Gasteiger charge is 2.20. The molecule has 0 bridgehead atoms. The SMILES string of the molecule is CSc1ncc2cc(Oc3ccc(F)cc3F)c(=O)n(C[C@@H](C)O)c2n1.C[C@@H](O)Cn1c(=O)c(Oc2ccc(F)cc2F)cc2cnc(S(C)(=O)=O)nc21. The Hall–Kier alpha value is -5.44. The molecule has 20 heteroatoms. The van der Waals surface area contributed by atoms with Gasteiger partial charge in [-0.15, -0.1) is 0 Å². The molecule has 2 atom stereocenters. The van der Waals surface area contributed by atoms with Crippen LogP contribution < -0.4 is 20.6 Å². The summed E-state index contributed by atoms with van der Waals surface area (Å²) >= 11 is 1.31. The summed E-state index contributed by atoms with van der Waals surface area (Å²) in [5, 5.41) is 20.1. The smallest absolute Gasteiger partial charge is 0.295 e. The summed E-state index contributed by atoms with van der Waals surface area (Å²) in [5.41, 5.74) is -1.07. The Kier molecular flexibility index (Phi) is 12.0. The van der Waals surface area contributed by atoms with Crippen molar-refractivity contribution in [2.24, 2.45) is 0 Å². The second kappa shape index (κ2) is 16.3. The topological polar surface area (TPSA) is 189 Å². The molecular formula is C34H30F4N6O8S2. The summed E-state index contributed by atoms with van der Waals surface area (Å²) in [6.45, 7) is 2.70. The molecule has 0 amide bonds. The van der Waals surface area contributed by atoms with Crippen molar-refractivity contribution in [3.05, 3.63) is 105 Å². The van der Waals surface area contributed by atoms with Crippen LogP contribution in [0.3, 0.4) is 0 Å². The van der Waals surface area contributed by atoms with E-state index in [4.69, 9.17) is 9.47 Å². The second-order valence-corrected chi connectivity index (χ2v) is 14.4. The van der Waals surface area contributed by atoms with Crippen molar-refractivity contribution in [1.82, 2.24) is 29.1 Å². The highest BCUT2D eigenvalue weighted by molar-refractivity contribution is 7.98. The van der Waals surface area contributed by atoms with Crippen LogP contribution in [0.15, 0.2) is 80.8 Å². The summed E-state index contributed by atoms with van der Waals surface area (Å²) in [6.07, 6.45) is 3.61. The number of hydrogen-bond donors (Lipinski definition) is 2. The van der Waals surface area contributed by atoms with Gasteiger partial charge in [0.05, 0.1) is 25.3 Å². The second-order valence-electron chi connectivity index (χ2n) is 11.7. The van der Waals surface area contributed by atoms with Crippen molar-refractivity contribution in [2.75, 3.05) is 12.5 Å². The monoisotopic (exact) mass is 790 g/mol. The first-order valence-electron chi connectivity index (χ1n) is 15.6. The molecule has 4 aromatic heterocycles. The Morgan fingerprint density at radius 1 is 0.722 bits per heavy atom. The number of thioether (sulfide) groups is 1. The molecule has 6 aromatic rings. The van der Waals surface area contributed by atoms with Crippen molar-refractivity contribution < 1.29 is 45.7 Å². The van der Waals surface area contributed by atoms with Crippen molar-refractivity contribution in [3.63, 3.8) is 0 Å². The zero-order valence-electron chi connectivity index (χ0n) is 28.7. The van der Waals surface area contributed by atoms with Gasteiger partial charge in [0, 0.05) is 41.6 Å². The first-order valence-corrected chi connectivity index (χ1v) is 18.7. The van der Waals surface area contributed by atoms with Crippen LogP contribution in [0.5, 0.6) is 23.0 Å². The van der Waals surface area contributed by atoms with Gasteiger partial charge in [0.15, 0.2) is 39.8 Å². The molecule has 0 fully saturated rings. The van der Waals surface area contributed by atoms with Crippen LogP contribution in [-0.2, 0) is 22.9 Å². The number of fused-ring (bicyclic) bond motifs is 2. The van der Waals surface area contributed by atoms with Crippen molar-refractivity contribution >= 4 is 43.7 Å². The molecule has 54 heavy (non-hydrogen) atoms. The standard InChI is InChI=1S/C17H15F2N3O5S.C17H15F2N3O3S/c1-9(23)8-22-15-10(7-20-17(21-15)28(2,25)26)5-14(16(22)24)27-13-4-3-11(18)6-12(13)19;1-9(23)8-22-15-10(7-20-17(21-15)26-2)5-14(16(22)24)25-13-4-3-11(18)6-12(13)19/h3-7,9,23H,8H2,1-2H3;3-7,9,23H,8H2,1-2H3/t2*9-/m11/s1. The number of pyridine rings is 2. The van der Waals surface area contributed by atoms with Crippen molar-refractivity contribution in [1.29, 1.82) is 0 Å². The molecule has 2 aromatic carbocycles. The third-order valence-electron chi connectivity index (χ3n) is 7.18. The summed E-state index contributed by atoms with van der Waals surface area (Å²) in [5.74, 6) is -4.66. The van der Waals surface area contributed by atoms with Gasteiger partial charge in [-0.1, -0.05) is 11.8 Å². The van der Waals surface area contributed by atoms with E-state index in [0.29, 0.717) is 28.3 Å². The van der Waals surface area contributed by atoms with Crippen LogP contribution in [0, 0.1) is 23.3 Å². The molecule has 4 heterocycles. The van der Waals surface area contributed by atoms with Crippen LogP contribution >= 0.6 is 11.8 Å². The normalized spacial score (nSPS) is 12.6. The van der Waals surface area contributed by atoms with Gasteiger partial charge in [-0.25, -0.2) is 40.9 Å². The largest absolute Gasteiger partial charge is 0.448 e. The maximum Gasteiger partial charge on any atom is 0.295 e. The highest BCUT2D eigenvalue weighted by Crippen LogP contribution is 2.27. The van der Waals surface area contributed by atoms with E-state index in [9.17, 15) is 45.8 Å². The maximum atomic E-state index is 13.9. The van der Waals surface area contributed by atoms with Gasteiger partial charge in [-0.3, -0.25) is 18.7 Å². The number of benzene rings is 2. The van der Waals surface area contributed by atoms with Gasteiger partial charge in [-0.05, 0) is 56.5 Å². The van der Waals surface area contributed by atoms with Gasteiger partial charge in [0.1, 0.15) is 22.9 Å². The zero-order chi connectivity index (χ0) is 39.5. The molecule has 284 valence electrons. The zero-order valence-corrected chi connectivity index (χ0v) is 30.3. The summed E-state index contributed by atoms with van der Waals surface area (Å²) < 4.78 is 90.2. The predicted molar refractivity (Wildman–Crippen MR) is 189 cm³/mol. The fourth-order valence-corrected chi connectivity index (χ4v) is 5.71. The number of aromatic nitrogens is 6. The lowest BCUT2D eigenvalue weighted by Gasteiger charge is -2.14. The summed E-state index contributed by atoms with van der Waals surface area (Å²) in [6, 6.07) is 7.99. The Morgan fingerprint density at radius 3 is 1.57 bits per heavy atom. The quantitative estimate of drug-likeness (QED) is 0.111. The summed E-state index contributed by atoms with van der Waals surface area (Å²) in [7, 11) is -3.74. The molecule has 0 unspecified atom stereocenters. The van der Waals surface area contributed by atoms with Gasteiger partial charge in [0.25, 0.3) is 11.1 Å². The average molecular weight is 791 g/mol. The Balaban J connectivity index is 0.000000208. The number of sulfone groups is 1. The lowest BCUT2D eigenvalue weighted by Crippen LogP contribution is -2.27. The molecule has 0 aliphatic rings. The Morgan fingerprint density at radius 2 is 1.17 bits per heavy atom. The average Bonchev–Trinajstić information content (AvgIpc) is 3.10. The van der Waals surface area contributed by atoms with Gasteiger partial charge in [-0.2, -0.15) is 4.98 Å². The molecule has 0 spiro atoms. The van der Waals surface area contributed by atoms with Crippen LogP contribution in [0.1, 0.15) is 13.8 Å². The van der Waals surface area contributed by atoms with E-state index in [2.05, 4.69) is 19.9 Å². The first kappa shape index (κ1) is 39.8. The molecule has 0 saturated carbocycles. The molecule has 0 radical (unpaired) electrons. The number of aliphatic hydroxyl groups is 2. The minimum atomic E-state index is -3.74. The third kappa shape index (κ3) is 9.19. The van der Waals surface area contributed by atoms with E-state index in [1.165, 1.54) is 54.7 Å². The number of halogens is 4. The van der Waals surface area contributed by atoms with E-state index in [1.54, 1.807) is 6.26 Å². The third-order valence-corrected chi connectivity index (χ3v) is 8.60. The lowest BCUT2D eigenvalue weighted by molar-refractivity contribution is 0.172. The number of aliphatic hydroxyl groups excluding tert-OH is 2. The van der Waals surface area contributed by atoms with E-state index in [-0.39, 0.29) is 47.1 Å². The van der Waals surface area contributed by atoms with E-state index >= 15 is 0 Å². The molecule has 2 N–H and O–H groups in total. The summed E-state index contributed by atoms with van der Waals surface area (Å²) in [4.78, 5) is 41.7.